The summed E-state index contributed by atoms with van der Waals surface area (Å²) >= 11 is 0. The fourth-order valence-corrected chi connectivity index (χ4v) is 5.65. The summed E-state index contributed by atoms with van der Waals surface area (Å²) in [6, 6.07) is 15.1. The van der Waals surface area contributed by atoms with Crippen molar-refractivity contribution in [3.05, 3.63) is 82.4 Å². The van der Waals surface area contributed by atoms with Crippen molar-refractivity contribution in [3.63, 3.8) is 0 Å². The Bertz CT molecular complexity index is 1020. The summed E-state index contributed by atoms with van der Waals surface area (Å²) < 4.78 is 19.4. The lowest BCUT2D eigenvalue weighted by Crippen LogP contribution is -2.50. The SMILES string of the molecule is CO/C(C(=O)N1CCc2ccccc2[C@@H]1c1ccc(F)cc1)=C1/CN2CCC1CC2C. The van der Waals surface area contributed by atoms with Gasteiger partial charge in [0, 0.05) is 19.1 Å². The summed E-state index contributed by atoms with van der Waals surface area (Å²) in [5.41, 5.74) is 4.42. The van der Waals surface area contributed by atoms with Gasteiger partial charge in [0.05, 0.1) is 13.2 Å². The topological polar surface area (TPSA) is 32.8 Å². The zero-order valence-electron chi connectivity index (χ0n) is 18.2. The molecule has 4 heterocycles. The molecule has 3 fully saturated rings. The lowest BCUT2D eigenvalue weighted by Gasteiger charge is -2.46. The quantitative estimate of drug-likeness (QED) is 0.548. The molecule has 6 rings (SSSR count). The van der Waals surface area contributed by atoms with E-state index in [1.807, 2.05) is 17.0 Å². The number of halogens is 1. The minimum Gasteiger partial charge on any atom is -0.491 e. The summed E-state index contributed by atoms with van der Waals surface area (Å²) in [6.45, 7) is 4.79. The Balaban J connectivity index is 1.55. The predicted octanol–water partition coefficient (Wildman–Crippen LogP) is 4.31. The number of benzene rings is 2. The molecule has 0 radical (unpaired) electrons. The van der Waals surface area contributed by atoms with Crippen molar-refractivity contribution < 1.29 is 13.9 Å². The number of carbonyl (C=O) groups is 1. The summed E-state index contributed by atoms with van der Waals surface area (Å²) in [5.74, 6) is 0.600. The van der Waals surface area contributed by atoms with Crippen LogP contribution in [0.25, 0.3) is 0 Å². The molecule has 2 aromatic rings. The first-order valence-corrected chi connectivity index (χ1v) is 11.2. The van der Waals surface area contributed by atoms with Gasteiger partial charge in [0.2, 0.25) is 0 Å². The number of fused-ring (bicyclic) bond motifs is 4. The molecule has 5 heteroatoms. The van der Waals surface area contributed by atoms with Crippen LogP contribution in [0.1, 0.15) is 42.5 Å². The van der Waals surface area contributed by atoms with Crippen LogP contribution in [0, 0.1) is 11.7 Å². The number of nitrogens with zero attached hydrogens (tertiary/aromatic N) is 2. The van der Waals surface area contributed by atoms with E-state index in [2.05, 4.69) is 24.0 Å². The highest BCUT2D eigenvalue weighted by molar-refractivity contribution is 5.93. The molecule has 4 aliphatic rings. The number of ether oxygens (including phenoxy) is 1. The third-order valence-electron chi connectivity index (χ3n) is 7.30. The molecule has 0 spiro atoms. The second kappa shape index (κ2) is 8.12. The monoisotopic (exact) mass is 420 g/mol. The molecule has 2 bridgehead atoms. The van der Waals surface area contributed by atoms with Crippen LogP contribution in [-0.4, -0.2) is 48.5 Å². The largest absolute Gasteiger partial charge is 0.491 e. The van der Waals surface area contributed by atoms with E-state index >= 15 is 0 Å². The van der Waals surface area contributed by atoms with E-state index in [1.54, 1.807) is 19.2 Å². The second-order valence-electron chi connectivity index (χ2n) is 9.00. The van der Waals surface area contributed by atoms with Crippen molar-refractivity contribution in [1.82, 2.24) is 9.80 Å². The van der Waals surface area contributed by atoms with E-state index in [0.717, 1.165) is 49.1 Å². The van der Waals surface area contributed by atoms with Gasteiger partial charge in [0.1, 0.15) is 5.82 Å². The smallest absolute Gasteiger partial charge is 0.289 e. The average Bonchev–Trinajstić information content (AvgIpc) is 2.80. The summed E-state index contributed by atoms with van der Waals surface area (Å²) in [5, 5.41) is 0. The highest BCUT2D eigenvalue weighted by atomic mass is 19.1. The van der Waals surface area contributed by atoms with Crippen LogP contribution in [0.15, 0.2) is 59.9 Å². The lowest BCUT2D eigenvalue weighted by atomic mass is 9.79. The van der Waals surface area contributed by atoms with E-state index in [-0.39, 0.29) is 17.8 Å². The molecule has 0 N–H and O–H groups in total. The Hall–Kier alpha value is -2.66. The van der Waals surface area contributed by atoms with Gasteiger partial charge in [-0.25, -0.2) is 4.39 Å². The van der Waals surface area contributed by atoms with Crippen LogP contribution in [0.4, 0.5) is 4.39 Å². The zero-order chi connectivity index (χ0) is 21.5. The van der Waals surface area contributed by atoms with Crippen LogP contribution < -0.4 is 0 Å². The van der Waals surface area contributed by atoms with Gasteiger partial charge in [-0.3, -0.25) is 9.69 Å². The Morgan fingerprint density at radius 2 is 1.87 bits per heavy atom. The predicted molar refractivity (Wildman–Crippen MR) is 118 cm³/mol. The van der Waals surface area contributed by atoms with Crippen molar-refractivity contribution >= 4 is 5.91 Å². The molecule has 0 aliphatic carbocycles. The number of rotatable bonds is 3. The third kappa shape index (κ3) is 3.55. The normalized spacial score (nSPS) is 28.8. The molecule has 4 nitrogen and oxygen atoms in total. The van der Waals surface area contributed by atoms with Gasteiger partial charge >= 0.3 is 0 Å². The molecule has 0 saturated carbocycles. The van der Waals surface area contributed by atoms with Crippen molar-refractivity contribution in [3.8, 4) is 0 Å². The van der Waals surface area contributed by atoms with E-state index < -0.39 is 0 Å². The molecule has 3 saturated heterocycles. The molecule has 3 unspecified atom stereocenters. The summed E-state index contributed by atoms with van der Waals surface area (Å²) in [4.78, 5) is 18.3. The van der Waals surface area contributed by atoms with E-state index in [1.165, 1.54) is 17.7 Å². The highest BCUT2D eigenvalue weighted by Crippen LogP contribution is 2.40. The number of hydrogen-bond donors (Lipinski definition) is 0. The first kappa shape index (κ1) is 20.3. The Labute approximate surface area is 183 Å². The van der Waals surface area contributed by atoms with Crippen molar-refractivity contribution in [2.24, 2.45) is 5.92 Å². The Morgan fingerprint density at radius 1 is 1.10 bits per heavy atom. The van der Waals surface area contributed by atoms with Gasteiger partial charge < -0.3 is 9.64 Å². The zero-order valence-corrected chi connectivity index (χ0v) is 18.2. The van der Waals surface area contributed by atoms with Crippen LogP contribution in [0.2, 0.25) is 0 Å². The van der Waals surface area contributed by atoms with Gasteiger partial charge in [-0.1, -0.05) is 36.4 Å². The molecular weight excluding hydrogens is 391 g/mol. The van der Waals surface area contributed by atoms with E-state index in [9.17, 15) is 9.18 Å². The minimum atomic E-state index is -0.271. The van der Waals surface area contributed by atoms with Gasteiger partial charge in [0.15, 0.2) is 5.76 Å². The maximum atomic E-state index is 13.9. The molecule has 1 amide bonds. The minimum absolute atomic E-state index is 0.0530. The maximum Gasteiger partial charge on any atom is 0.289 e. The molecule has 4 aliphatic heterocycles. The molecule has 31 heavy (non-hydrogen) atoms. The Kier molecular flexibility index (Phi) is 5.30. The lowest BCUT2D eigenvalue weighted by molar-refractivity contribution is -0.132. The molecule has 162 valence electrons. The van der Waals surface area contributed by atoms with Crippen molar-refractivity contribution in [2.75, 3.05) is 26.7 Å². The van der Waals surface area contributed by atoms with Crippen LogP contribution in [0.5, 0.6) is 0 Å². The van der Waals surface area contributed by atoms with E-state index in [0.29, 0.717) is 24.3 Å². The highest BCUT2D eigenvalue weighted by Gasteiger charge is 2.40. The van der Waals surface area contributed by atoms with E-state index in [4.69, 9.17) is 4.74 Å². The number of hydrogen-bond acceptors (Lipinski definition) is 3. The van der Waals surface area contributed by atoms with Crippen LogP contribution in [-0.2, 0) is 16.0 Å². The number of amides is 1. The molecule has 4 atom stereocenters. The van der Waals surface area contributed by atoms with Crippen molar-refractivity contribution in [2.45, 2.75) is 38.3 Å². The van der Waals surface area contributed by atoms with Crippen molar-refractivity contribution in [1.29, 1.82) is 0 Å². The molecule has 0 aromatic heterocycles. The van der Waals surface area contributed by atoms with Crippen LogP contribution in [0.3, 0.4) is 0 Å². The fourth-order valence-electron chi connectivity index (χ4n) is 5.65. The van der Waals surface area contributed by atoms with Gasteiger partial charge in [-0.05, 0) is 73.0 Å². The summed E-state index contributed by atoms with van der Waals surface area (Å²) in [6.07, 6.45) is 2.97. The van der Waals surface area contributed by atoms with Gasteiger partial charge in [0.25, 0.3) is 5.91 Å². The standard InChI is InChI=1S/C26H29FN2O2/c1-17-15-20-11-13-28(17)16-23(20)25(31-2)26(30)29-14-12-18-5-3-4-6-22(18)24(29)19-7-9-21(27)10-8-19/h3-10,17,20,24H,11-16H2,1-2H3/b25-23-/t17?,20?,24-/m0/s1. The molecular formula is C26H29FN2O2. The Morgan fingerprint density at radius 3 is 2.55 bits per heavy atom. The van der Waals surface area contributed by atoms with Gasteiger partial charge in [-0.15, -0.1) is 0 Å². The second-order valence-corrected chi connectivity index (χ2v) is 9.00. The maximum absolute atomic E-state index is 13.9. The number of methoxy groups -OCH3 is 1. The first-order chi connectivity index (χ1) is 15.1. The third-order valence-corrected chi connectivity index (χ3v) is 7.30. The van der Waals surface area contributed by atoms with Gasteiger partial charge in [-0.2, -0.15) is 0 Å². The number of carbonyl (C=O) groups excluding carboxylic acids is 1. The van der Waals surface area contributed by atoms with Crippen LogP contribution >= 0.6 is 0 Å². The molecule has 2 aromatic carbocycles. The number of piperidine rings is 3. The first-order valence-electron chi connectivity index (χ1n) is 11.2. The fraction of sp³-hybridized carbons (Fsp3) is 0.423. The average molecular weight is 421 g/mol. The summed E-state index contributed by atoms with van der Waals surface area (Å²) in [7, 11) is 1.62.